The Morgan fingerprint density at radius 2 is 1.93 bits per heavy atom. The number of rotatable bonds is 5. The van der Waals surface area contributed by atoms with E-state index in [1.165, 1.54) is 0 Å². The Kier molecular flexibility index (Phi) is 5.58. The van der Waals surface area contributed by atoms with Gasteiger partial charge in [-0.05, 0) is 62.0 Å². The molecule has 29 heavy (non-hydrogen) atoms. The van der Waals surface area contributed by atoms with E-state index in [0.29, 0.717) is 16.7 Å². The van der Waals surface area contributed by atoms with Crippen LogP contribution in [-0.4, -0.2) is 37.8 Å². The summed E-state index contributed by atoms with van der Waals surface area (Å²) in [6.45, 7) is 4.65. The summed E-state index contributed by atoms with van der Waals surface area (Å²) < 4.78 is 2.17. The molecule has 4 rings (SSSR count). The summed E-state index contributed by atoms with van der Waals surface area (Å²) in [5.74, 6) is 0. The standard InChI is InChI=1S/C22H23ClN4OS/c1-14-13-16(15(2)27(14)19-9-4-3-7-17(19)23)21-20(18-8-5-6-10-24-18)25-22(29)26(21)11-12-28/h3-10,13,20-21,28H,11-12H2,1-2H3,(H,25,29)/t20-,21+/m1/s1. The van der Waals surface area contributed by atoms with Crippen molar-refractivity contribution in [2.75, 3.05) is 13.2 Å². The second-order valence-electron chi connectivity index (χ2n) is 7.16. The first kappa shape index (κ1) is 19.9. The second-order valence-corrected chi connectivity index (χ2v) is 7.95. The van der Waals surface area contributed by atoms with Gasteiger partial charge in [0.25, 0.3) is 0 Å². The number of benzene rings is 1. The zero-order chi connectivity index (χ0) is 20.5. The highest BCUT2D eigenvalue weighted by Gasteiger charge is 2.41. The minimum Gasteiger partial charge on any atom is -0.395 e. The van der Waals surface area contributed by atoms with Crippen LogP contribution in [-0.2, 0) is 0 Å². The van der Waals surface area contributed by atoms with Crippen LogP contribution in [0.1, 0.15) is 34.7 Å². The molecule has 3 heterocycles. The van der Waals surface area contributed by atoms with E-state index in [4.69, 9.17) is 23.8 Å². The number of para-hydroxylation sites is 1. The van der Waals surface area contributed by atoms with Crippen LogP contribution in [0.15, 0.2) is 54.7 Å². The number of thiocarbonyl (C=S) groups is 1. The maximum Gasteiger partial charge on any atom is 0.170 e. The zero-order valence-corrected chi connectivity index (χ0v) is 17.9. The molecule has 2 atom stereocenters. The van der Waals surface area contributed by atoms with E-state index < -0.39 is 0 Å². The molecule has 2 N–H and O–H groups in total. The van der Waals surface area contributed by atoms with Crippen LogP contribution in [0.5, 0.6) is 0 Å². The fourth-order valence-corrected chi connectivity index (χ4v) is 4.74. The van der Waals surface area contributed by atoms with Crippen molar-refractivity contribution >= 4 is 28.9 Å². The van der Waals surface area contributed by atoms with E-state index in [-0.39, 0.29) is 18.7 Å². The number of nitrogens with one attached hydrogen (secondary N) is 1. The molecule has 0 bridgehead atoms. The summed E-state index contributed by atoms with van der Waals surface area (Å²) in [5, 5.41) is 14.4. The van der Waals surface area contributed by atoms with Gasteiger partial charge in [0.1, 0.15) is 0 Å². The number of pyridine rings is 1. The molecule has 1 aliphatic rings. The van der Waals surface area contributed by atoms with Gasteiger partial charge in [-0.15, -0.1) is 0 Å². The third-order valence-corrected chi connectivity index (χ3v) is 6.09. The van der Waals surface area contributed by atoms with Gasteiger partial charge in [-0.25, -0.2) is 0 Å². The molecule has 0 unspecified atom stereocenters. The van der Waals surface area contributed by atoms with Crippen molar-refractivity contribution in [3.05, 3.63) is 82.4 Å². The number of β-amino-alcohol motifs (C(OH)–C–C–N with tert-alkyl or cyclic N) is 1. The van der Waals surface area contributed by atoms with E-state index in [9.17, 15) is 5.11 Å². The van der Waals surface area contributed by atoms with Crippen LogP contribution in [0.2, 0.25) is 5.02 Å². The molecule has 1 aliphatic heterocycles. The molecule has 1 fully saturated rings. The summed E-state index contributed by atoms with van der Waals surface area (Å²) in [6, 6.07) is 15.7. The summed E-state index contributed by atoms with van der Waals surface area (Å²) >= 11 is 12.1. The normalized spacial score (nSPS) is 18.9. The van der Waals surface area contributed by atoms with E-state index in [1.54, 1.807) is 6.20 Å². The van der Waals surface area contributed by atoms with Gasteiger partial charge in [-0.2, -0.15) is 0 Å². The van der Waals surface area contributed by atoms with Gasteiger partial charge in [0.15, 0.2) is 5.11 Å². The second kappa shape index (κ2) is 8.14. The molecular formula is C22H23ClN4OS. The third-order valence-electron chi connectivity index (χ3n) is 5.42. The van der Waals surface area contributed by atoms with Crippen molar-refractivity contribution in [1.82, 2.24) is 19.8 Å². The number of hydrogen-bond donors (Lipinski definition) is 2. The summed E-state index contributed by atoms with van der Waals surface area (Å²) in [5.41, 5.74) is 5.19. The highest BCUT2D eigenvalue weighted by molar-refractivity contribution is 7.80. The fraction of sp³-hybridized carbons (Fsp3) is 0.273. The third kappa shape index (κ3) is 3.52. The van der Waals surface area contributed by atoms with Crippen LogP contribution >= 0.6 is 23.8 Å². The molecule has 0 spiro atoms. The minimum atomic E-state index is -0.101. The Hall–Kier alpha value is -2.41. The smallest absolute Gasteiger partial charge is 0.170 e. The molecule has 3 aromatic rings. The Labute approximate surface area is 180 Å². The first-order chi connectivity index (χ1) is 14.0. The number of hydrogen-bond acceptors (Lipinski definition) is 3. The summed E-state index contributed by atoms with van der Waals surface area (Å²) in [4.78, 5) is 6.61. The first-order valence-electron chi connectivity index (χ1n) is 9.55. The number of aryl methyl sites for hydroxylation is 1. The molecular weight excluding hydrogens is 404 g/mol. The average Bonchev–Trinajstić information content (AvgIpc) is 3.19. The number of aliphatic hydroxyl groups is 1. The van der Waals surface area contributed by atoms with E-state index in [1.807, 2.05) is 47.4 Å². The van der Waals surface area contributed by atoms with Crippen LogP contribution in [0, 0.1) is 13.8 Å². The minimum absolute atomic E-state index is 0.0243. The molecule has 0 radical (unpaired) electrons. The highest BCUT2D eigenvalue weighted by Crippen LogP contribution is 2.41. The monoisotopic (exact) mass is 426 g/mol. The SMILES string of the molecule is Cc1cc([C@H]2[C@@H](c3ccccn3)NC(=S)N2CCO)c(C)n1-c1ccccc1Cl. The van der Waals surface area contributed by atoms with Crippen LogP contribution in [0.4, 0.5) is 0 Å². The maximum absolute atomic E-state index is 9.64. The lowest BCUT2D eigenvalue weighted by Gasteiger charge is -2.27. The Balaban J connectivity index is 1.85. The topological polar surface area (TPSA) is 53.3 Å². The van der Waals surface area contributed by atoms with E-state index in [2.05, 4.69) is 34.8 Å². The molecule has 0 saturated carbocycles. The van der Waals surface area contributed by atoms with Crippen molar-refractivity contribution in [1.29, 1.82) is 0 Å². The Morgan fingerprint density at radius 3 is 2.62 bits per heavy atom. The summed E-state index contributed by atoms with van der Waals surface area (Å²) in [6.07, 6.45) is 1.79. The van der Waals surface area contributed by atoms with E-state index in [0.717, 1.165) is 28.3 Å². The summed E-state index contributed by atoms with van der Waals surface area (Å²) in [7, 11) is 0. The van der Waals surface area contributed by atoms with Crippen LogP contribution in [0.25, 0.3) is 5.69 Å². The Bertz CT molecular complexity index is 1040. The lowest BCUT2D eigenvalue weighted by Crippen LogP contribution is -2.32. The van der Waals surface area contributed by atoms with Crippen LogP contribution in [0.3, 0.4) is 0 Å². The Morgan fingerprint density at radius 1 is 1.17 bits per heavy atom. The van der Waals surface area contributed by atoms with Crippen molar-refractivity contribution in [3.63, 3.8) is 0 Å². The van der Waals surface area contributed by atoms with Gasteiger partial charge in [0.05, 0.1) is 35.1 Å². The number of aromatic nitrogens is 2. The van der Waals surface area contributed by atoms with Gasteiger partial charge in [0, 0.05) is 24.1 Å². The molecule has 0 amide bonds. The highest BCUT2D eigenvalue weighted by atomic mass is 35.5. The number of halogens is 1. The number of nitrogens with zero attached hydrogens (tertiary/aromatic N) is 3. The molecule has 7 heteroatoms. The van der Waals surface area contributed by atoms with Crippen molar-refractivity contribution in [2.24, 2.45) is 0 Å². The van der Waals surface area contributed by atoms with Crippen molar-refractivity contribution < 1.29 is 5.11 Å². The zero-order valence-electron chi connectivity index (χ0n) is 16.3. The fourth-order valence-electron chi connectivity index (χ4n) is 4.18. The lowest BCUT2D eigenvalue weighted by molar-refractivity contribution is 0.223. The van der Waals surface area contributed by atoms with Gasteiger partial charge in [-0.1, -0.05) is 29.8 Å². The van der Waals surface area contributed by atoms with Gasteiger partial charge >= 0.3 is 0 Å². The molecule has 150 valence electrons. The van der Waals surface area contributed by atoms with Gasteiger partial charge in [0.2, 0.25) is 0 Å². The van der Waals surface area contributed by atoms with Gasteiger partial charge < -0.3 is 19.9 Å². The quantitative estimate of drug-likeness (QED) is 0.601. The van der Waals surface area contributed by atoms with E-state index >= 15 is 0 Å². The predicted octanol–water partition coefficient (Wildman–Crippen LogP) is 4.11. The largest absolute Gasteiger partial charge is 0.395 e. The maximum atomic E-state index is 9.64. The molecule has 5 nitrogen and oxygen atoms in total. The van der Waals surface area contributed by atoms with Crippen molar-refractivity contribution in [3.8, 4) is 5.69 Å². The average molecular weight is 427 g/mol. The number of aliphatic hydroxyl groups excluding tert-OH is 1. The molecule has 1 aromatic carbocycles. The first-order valence-corrected chi connectivity index (χ1v) is 10.3. The molecule has 0 aliphatic carbocycles. The van der Waals surface area contributed by atoms with Crippen molar-refractivity contribution in [2.45, 2.75) is 25.9 Å². The lowest BCUT2D eigenvalue weighted by atomic mass is 9.97. The predicted molar refractivity (Wildman–Crippen MR) is 119 cm³/mol. The molecule has 2 aromatic heterocycles. The molecule has 1 saturated heterocycles. The van der Waals surface area contributed by atoms with Gasteiger partial charge in [-0.3, -0.25) is 4.98 Å². The van der Waals surface area contributed by atoms with Crippen LogP contribution < -0.4 is 5.32 Å².